The zero-order chi connectivity index (χ0) is 18.5. The standard InChI is InChI=1S/C19H34N2O4/c1-3-5-6-18(23)20-12-14-25-13-11-19(24)21-16-9-7-15(8-10-16)17(22)4-2/h15-16H,3-14H2,1-2H3,(H,20,23)(H,21,24). The molecule has 6 heteroatoms. The summed E-state index contributed by atoms with van der Waals surface area (Å²) in [7, 11) is 0. The Morgan fingerprint density at radius 1 is 0.960 bits per heavy atom. The van der Waals surface area contributed by atoms with E-state index in [1.54, 1.807) is 0 Å². The molecule has 0 spiro atoms. The monoisotopic (exact) mass is 354 g/mol. The van der Waals surface area contributed by atoms with Crippen molar-refractivity contribution in [3.8, 4) is 0 Å². The van der Waals surface area contributed by atoms with E-state index in [9.17, 15) is 14.4 Å². The predicted octanol–water partition coefficient (Wildman–Crippen LogP) is 2.35. The SMILES string of the molecule is CCCCC(=O)NCCOCCC(=O)NC1CCC(C(=O)CC)CC1. The minimum absolute atomic E-state index is 0.00255. The predicted molar refractivity (Wildman–Crippen MR) is 97.2 cm³/mol. The van der Waals surface area contributed by atoms with Crippen LogP contribution < -0.4 is 10.6 Å². The highest BCUT2D eigenvalue weighted by molar-refractivity contribution is 5.81. The van der Waals surface area contributed by atoms with Crippen molar-refractivity contribution in [3.05, 3.63) is 0 Å². The second kappa shape index (κ2) is 12.9. The zero-order valence-electron chi connectivity index (χ0n) is 15.8. The van der Waals surface area contributed by atoms with Crippen molar-refractivity contribution in [1.29, 1.82) is 0 Å². The molecule has 1 fully saturated rings. The van der Waals surface area contributed by atoms with Crippen molar-refractivity contribution in [3.63, 3.8) is 0 Å². The van der Waals surface area contributed by atoms with Crippen molar-refractivity contribution in [2.45, 2.75) is 77.7 Å². The van der Waals surface area contributed by atoms with Gasteiger partial charge in [0.15, 0.2) is 0 Å². The first-order valence-corrected chi connectivity index (χ1v) is 9.73. The first kappa shape index (κ1) is 21.6. The summed E-state index contributed by atoms with van der Waals surface area (Å²) in [4.78, 5) is 35.0. The Morgan fingerprint density at radius 2 is 1.68 bits per heavy atom. The van der Waals surface area contributed by atoms with Crippen LogP contribution in [0.2, 0.25) is 0 Å². The lowest BCUT2D eigenvalue weighted by molar-refractivity contribution is -0.125. The Bertz CT molecular complexity index is 418. The molecule has 0 heterocycles. The summed E-state index contributed by atoms with van der Waals surface area (Å²) in [6.07, 6.45) is 6.94. The lowest BCUT2D eigenvalue weighted by Crippen LogP contribution is -2.39. The summed E-state index contributed by atoms with van der Waals surface area (Å²) in [6, 6.07) is 0.186. The number of carbonyl (C=O) groups is 3. The number of Topliss-reactive ketones (excluding diaryl/α,β-unsaturated/α-hetero) is 1. The first-order valence-electron chi connectivity index (χ1n) is 9.73. The summed E-state index contributed by atoms with van der Waals surface area (Å²) in [5.74, 6) is 0.589. The van der Waals surface area contributed by atoms with E-state index >= 15 is 0 Å². The van der Waals surface area contributed by atoms with Crippen LogP contribution in [0.1, 0.15) is 71.6 Å². The summed E-state index contributed by atoms with van der Waals surface area (Å²) >= 11 is 0. The molecule has 0 bridgehead atoms. The van der Waals surface area contributed by atoms with Gasteiger partial charge in [0.1, 0.15) is 5.78 Å². The van der Waals surface area contributed by atoms with Gasteiger partial charge in [-0.3, -0.25) is 14.4 Å². The number of hydrogen-bond acceptors (Lipinski definition) is 4. The van der Waals surface area contributed by atoms with Crippen molar-refractivity contribution in [1.82, 2.24) is 10.6 Å². The van der Waals surface area contributed by atoms with Gasteiger partial charge in [0, 0.05) is 37.8 Å². The van der Waals surface area contributed by atoms with Crippen LogP contribution in [0.4, 0.5) is 0 Å². The topological polar surface area (TPSA) is 84.5 Å². The molecule has 0 saturated heterocycles. The summed E-state index contributed by atoms with van der Waals surface area (Å²) in [6.45, 7) is 5.24. The molecule has 0 aromatic carbocycles. The van der Waals surface area contributed by atoms with E-state index < -0.39 is 0 Å². The molecule has 0 aromatic heterocycles. The molecule has 1 aliphatic rings. The number of ketones is 1. The number of ether oxygens (including phenoxy) is 1. The van der Waals surface area contributed by atoms with Gasteiger partial charge in [-0.2, -0.15) is 0 Å². The third kappa shape index (κ3) is 9.58. The van der Waals surface area contributed by atoms with Crippen molar-refractivity contribution >= 4 is 17.6 Å². The van der Waals surface area contributed by atoms with Crippen LogP contribution in [0, 0.1) is 5.92 Å². The van der Waals surface area contributed by atoms with Crippen molar-refractivity contribution < 1.29 is 19.1 Å². The van der Waals surface area contributed by atoms with E-state index in [4.69, 9.17) is 4.74 Å². The smallest absolute Gasteiger partial charge is 0.222 e. The van der Waals surface area contributed by atoms with Crippen LogP contribution in [0.3, 0.4) is 0 Å². The fourth-order valence-electron chi connectivity index (χ4n) is 3.10. The second-order valence-electron chi connectivity index (χ2n) is 6.75. The zero-order valence-corrected chi connectivity index (χ0v) is 15.8. The van der Waals surface area contributed by atoms with Gasteiger partial charge in [-0.15, -0.1) is 0 Å². The van der Waals surface area contributed by atoms with E-state index in [0.29, 0.717) is 44.8 Å². The van der Waals surface area contributed by atoms with Gasteiger partial charge < -0.3 is 15.4 Å². The highest BCUT2D eigenvalue weighted by Gasteiger charge is 2.25. The molecule has 0 aliphatic heterocycles. The number of hydrogen-bond donors (Lipinski definition) is 2. The molecule has 1 rings (SSSR count). The molecule has 1 saturated carbocycles. The van der Waals surface area contributed by atoms with Crippen LogP contribution in [-0.2, 0) is 19.1 Å². The van der Waals surface area contributed by atoms with Gasteiger partial charge in [-0.05, 0) is 32.1 Å². The molecule has 2 amide bonds. The number of nitrogens with one attached hydrogen (secondary N) is 2. The van der Waals surface area contributed by atoms with Crippen LogP contribution in [-0.4, -0.2) is 43.4 Å². The molecule has 0 unspecified atom stereocenters. The van der Waals surface area contributed by atoms with Crippen molar-refractivity contribution in [2.75, 3.05) is 19.8 Å². The normalized spacial score (nSPS) is 20.1. The summed E-state index contributed by atoms with van der Waals surface area (Å²) in [5.41, 5.74) is 0. The molecule has 0 radical (unpaired) electrons. The van der Waals surface area contributed by atoms with E-state index in [1.165, 1.54) is 0 Å². The minimum atomic E-state index is -0.00255. The number of carbonyl (C=O) groups excluding carboxylic acids is 3. The van der Waals surface area contributed by atoms with E-state index in [2.05, 4.69) is 17.6 Å². The van der Waals surface area contributed by atoms with E-state index in [0.717, 1.165) is 38.5 Å². The Morgan fingerprint density at radius 3 is 2.32 bits per heavy atom. The van der Waals surface area contributed by atoms with Gasteiger partial charge in [0.25, 0.3) is 0 Å². The highest BCUT2D eigenvalue weighted by Crippen LogP contribution is 2.25. The fraction of sp³-hybridized carbons (Fsp3) is 0.842. The lowest BCUT2D eigenvalue weighted by atomic mass is 9.83. The molecule has 6 nitrogen and oxygen atoms in total. The van der Waals surface area contributed by atoms with Crippen LogP contribution in [0.5, 0.6) is 0 Å². The summed E-state index contributed by atoms with van der Waals surface area (Å²) < 4.78 is 5.39. The molecule has 25 heavy (non-hydrogen) atoms. The Balaban J connectivity index is 2.01. The maximum absolute atomic E-state index is 11.9. The maximum atomic E-state index is 11.9. The maximum Gasteiger partial charge on any atom is 0.222 e. The average Bonchev–Trinajstić information content (AvgIpc) is 2.62. The molecule has 1 aliphatic carbocycles. The van der Waals surface area contributed by atoms with Crippen molar-refractivity contribution in [2.24, 2.45) is 5.92 Å². The average molecular weight is 354 g/mol. The quantitative estimate of drug-likeness (QED) is 0.527. The first-order chi connectivity index (χ1) is 12.1. The van der Waals surface area contributed by atoms with Gasteiger partial charge in [0.2, 0.25) is 11.8 Å². The van der Waals surface area contributed by atoms with Gasteiger partial charge >= 0.3 is 0 Å². The van der Waals surface area contributed by atoms with Gasteiger partial charge in [-0.1, -0.05) is 20.3 Å². The fourth-order valence-corrected chi connectivity index (χ4v) is 3.10. The number of rotatable bonds is 12. The lowest BCUT2D eigenvalue weighted by Gasteiger charge is -2.28. The third-order valence-corrected chi connectivity index (χ3v) is 4.70. The number of amides is 2. The molecular weight excluding hydrogens is 320 g/mol. The summed E-state index contributed by atoms with van der Waals surface area (Å²) in [5, 5.41) is 5.83. The molecule has 0 atom stereocenters. The highest BCUT2D eigenvalue weighted by atomic mass is 16.5. The van der Waals surface area contributed by atoms with E-state index in [1.807, 2.05) is 6.92 Å². The van der Waals surface area contributed by atoms with Gasteiger partial charge in [-0.25, -0.2) is 0 Å². The van der Waals surface area contributed by atoms with Crippen LogP contribution >= 0.6 is 0 Å². The largest absolute Gasteiger partial charge is 0.379 e. The second-order valence-corrected chi connectivity index (χ2v) is 6.75. The van der Waals surface area contributed by atoms with Gasteiger partial charge in [0.05, 0.1) is 13.2 Å². The number of unbranched alkanes of at least 4 members (excludes halogenated alkanes) is 1. The van der Waals surface area contributed by atoms with E-state index in [-0.39, 0.29) is 23.8 Å². The molecule has 0 aromatic rings. The third-order valence-electron chi connectivity index (χ3n) is 4.70. The molecular formula is C19H34N2O4. The Kier molecular flexibility index (Phi) is 11.1. The minimum Gasteiger partial charge on any atom is -0.379 e. The molecule has 2 N–H and O–H groups in total. The molecule has 144 valence electrons. The van der Waals surface area contributed by atoms with Crippen LogP contribution in [0.25, 0.3) is 0 Å². The Hall–Kier alpha value is -1.43. The Labute approximate surface area is 151 Å². The van der Waals surface area contributed by atoms with Crippen LogP contribution in [0.15, 0.2) is 0 Å².